The first-order valence-electron chi connectivity index (χ1n) is 13.9. The third-order valence-electron chi connectivity index (χ3n) is 9.07. The molecule has 8 nitrogen and oxygen atoms in total. The summed E-state index contributed by atoms with van der Waals surface area (Å²) in [5.74, 6) is -2.31. The quantitative estimate of drug-likeness (QED) is 0.344. The van der Waals surface area contributed by atoms with Crippen molar-refractivity contribution in [1.29, 1.82) is 0 Å². The van der Waals surface area contributed by atoms with E-state index in [9.17, 15) is 23.9 Å². The predicted octanol–water partition coefficient (Wildman–Crippen LogP) is 3.69. The maximum absolute atomic E-state index is 16.2. The Morgan fingerprint density at radius 2 is 1.88 bits per heavy atom. The Morgan fingerprint density at radius 3 is 2.57 bits per heavy atom. The van der Waals surface area contributed by atoms with E-state index in [0.29, 0.717) is 41.6 Å². The number of nitrogens with one attached hydrogen (secondary N) is 1. The van der Waals surface area contributed by atoms with Gasteiger partial charge >= 0.3 is 5.69 Å². The monoisotopic (exact) mass is 574 g/mol. The van der Waals surface area contributed by atoms with E-state index in [2.05, 4.69) is 4.98 Å². The van der Waals surface area contributed by atoms with Crippen molar-refractivity contribution in [2.45, 2.75) is 57.7 Å². The summed E-state index contributed by atoms with van der Waals surface area (Å²) in [4.78, 5) is 42.7. The molecule has 0 bridgehead atoms. The van der Waals surface area contributed by atoms with Crippen molar-refractivity contribution < 1.29 is 18.7 Å². The number of carbonyl (C=O) groups is 1. The lowest BCUT2D eigenvalue weighted by Crippen LogP contribution is -2.38. The summed E-state index contributed by atoms with van der Waals surface area (Å²) < 4.78 is 32.9. The molecule has 2 unspecified atom stereocenters. The molecule has 4 N–H and O–H groups in total. The second kappa shape index (κ2) is 9.62. The first kappa shape index (κ1) is 27.8. The van der Waals surface area contributed by atoms with Crippen molar-refractivity contribution in [3.05, 3.63) is 103 Å². The summed E-state index contributed by atoms with van der Waals surface area (Å²) in [6.07, 6.45) is 1.38. The number of aryl methyl sites for hydroxylation is 1. The standard InChI is InChI=1S/C32H32F2N4O4/c1-15-17(7-6-10-24(15)38-30(40)19-8-5-9-21(33)28(19)37(4)31(38)41)25-22(34)14-20(29(35)39)27-26(25)18-12-11-16(32(2,3)42)13-23(18)36-27/h5-10,14,16,22,25,36,42H,11-13H2,1-4H3,(H2,35,39)/t16-,22?,25?/m0/s1. The molecule has 0 spiro atoms. The lowest BCUT2D eigenvalue weighted by molar-refractivity contribution is -0.112. The van der Waals surface area contributed by atoms with Crippen LogP contribution in [0.1, 0.15) is 59.8 Å². The van der Waals surface area contributed by atoms with Crippen LogP contribution in [-0.2, 0) is 24.7 Å². The zero-order valence-electron chi connectivity index (χ0n) is 23.8. The molecule has 0 aliphatic heterocycles. The van der Waals surface area contributed by atoms with E-state index in [4.69, 9.17) is 5.73 Å². The van der Waals surface area contributed by atoms with Crippen molar-refractivity contribution in [2.75, 3.05) is 0 Å². The average Bonchev–Trinajstić information content (AvgIpc) is 3.30. The number of allylic oxidation sites excluding steroid dienone is 1. The maximum atomic E-state index is 16.2. The zero-order chi connectivity index (χ0) is 30.2. The molecule has 218 valence electrons. The molecule has 2 aromatic heterocycles. The fourth-order valence-corrected chi connectivity index (χ4v) is 6.84. The summed E-state index contributed by atoms with van der Waals surface area (Å²) >= 11 is 0. The molecule has 2 aromatic carbocycles. The van der Waals surface area contributed by atoms with Gasteiger partial charge in [-0.25, -0.2) is 18.1 Å². The molecule has 0 saturated heterocycles. The number of nitrogens with zero attached hydrogens (tertiary/aromatic N) is 2. The molecule has 6 rings (SSSR count). The number of amides is 1. The SMILES string of the molecule is Cc1c(C2c3c([nH]c4c3CC[C@H](C(C)(C)O)C4)C(C(N)=O)=CC2F)cccc1-n1c(=O)c2cccc(F)c2n(C)c1=O. The number of hydrogen-bond donors (Lipinski definition) is 3. The predicted molar refractivity (Wildman–Crippen MR) is 156 cm³/mol. The van der Waals surface area contributed by atoms with Crippen LogP contribution in [-0.4, -0.2) is 36.9 Å². The largest absolute Gasteiger partial charge is 0.390 e. The zero-order valence-corrected chi connectivity index (χ0v) is 23.8. The molecule has 3 atom stereocenters. The third-order valence-corrected chi connectivity index (χ3v) is 9.07. The number of fused-ring (bicyclic) bond motifs is 4. The normalized spacial score (nSPS) is 20.3. The average molecular weight is 575 g/mol. The summed E-state index contributed by atoms with van der Waals surface area (Å²) in [6.45, 7) is 5.25. The van der Waals surface area contributed by atoms with Crippen LogP contribution in [0.15, 0.2) is 52.1 Å². The summed E-state index contributed by atoms with van der Waals surface area (Å²) in [6, 6.07) is 9.08. The Balaban J connectivity index is 1.57. The van der Waals surface area contributed by atoms with Gasteiger partial charge in [0.25, 0.3) is 11.5 Å². The highest BCUT2D eigenvalue weighted by Gasteiger charge is 2.41. The van der Waals surface area contributed by atoms with Crippen molar-refractivity contribution >= 4 is 22.4 Å². The number of carbonyl (C=O) groups excluding carboxylic acids is 1. The minimum Gasteiger partial charge on any atom is -0.390 e. The van der Waals surface area contributed by atoms with E-state index in [1.165, 1.54) is 31.3 Å². The van der Waals surface area contributed by atoms with E-state index in [0.717, 1.165) is 20.4 Å². The van der Waals surface area contributed by atoms with Gasteiger partial charge in [-0.15, -0.1) is 0 Å². The first-order valence-corrected chi connectivity index (χ1v) is 13.9. The number of benzene rings is 2. The number of alkyl halides is 1. The van der Waals surface area contributed by atoms with Gasteiger partial charge in [0.15, 0.2) is 0 Å². The fraction of sp³-hybridized carbons (Fsp3) is 0.344. The lowest BCUT2D eigenvalue weighted by Gasteiger charge is -2.34. The number of aromatic amines is 1. The maximum Gasteiger partial charge on any atom is 0.335 e. The number of nitrogens with two attached hydrogens (primary N) is 1. The number of primary amides is 1. The van der Waals surface area contributed by atoms with Crippen LogP contribution < -0.4 is 17.0 Å². The molecule has 2 aliphatic carbocycles. The van der Waals surface area contributed by atoms with Crippen LogP contribution >= 0.6 is 0 Å². The number of hydrogen-bond acceptors (Lipinski definition) is 4. The Bertz CT molecular complexity index is 1940. The van der Waals surface area contributed by atoms with Crippen molar-refractivity contribution in [1.82, 2.24) is 14.1 Å². The smallest absolute Gasteiger partial charge is 0.335 e. The minimum absolute atomic E-state index is 0.0309. The molecule has 0 radical (unpaired) electrons. The Kier molecular flexibility index (Phi) is 6.38. The molecule has 1 amide bonds. The number of aliphatic hydroxyl groups is 1. The van der Waals surface area contributed by atoms with Crippen LogP contribution in [0.3, 0.4) is 0 Å². The van der Waals surface area contributed by atoms with Crippen LogP contribution in [0.4, 0.5) is 8.78 Å². The highest BCUT2D eigenvalue weighted by atomic mass is 19.1. The van der Waals surface area contributed by atoms with Crippen molar-refractivity contribution in [3.63, 3.8) is 0 Å². The Labute approximate surface area is 240 Å². The minimum atomic E-state index is -1.62. The van der Waals surface area contributed by atoms with Gasteiger partial charge in [0.2, 0.25) is 0 Å². The number of rotatable bonds is 4. The second-order valence-electron chi connectivity index (χ2n) is 11.9. The molecule has 4 aromatic rings. The van der Waals surface area contributed by atoms with Gasteiger partial charge in [-0.05, 0) is 92.5 Å². The third kappa shape index (κ3) is 4.07. The van der Waals surface area contributed by atoms with Gasteiger partial charge in [0.1, 0.15) is 12.0 Å². The number of para-hydroxylation sites is 1. The van der Waals surface area contributed by atoms with E-state index in [-0.39, 0.29) is 28.1 Å². The van der Waals surface area contributed by atoms with E-state index in [1.54, 1.807) is 39.0 Å². The van der Waals surface area contributed by atoms with Crippen molar-refractivity contribution in [3.8, 4) is 5.69 Å². The molecular weight excluding hydrogens is 542 g/mol. The van der Waals surface area contributed by atoms with Crippen molar-refractivity contribution in [2.24, 2.45) is 18.7 Å². The highest BCUT2D eigenvalue weighted by molar-refractivity contribution is 6.19. The van der Waals surface area contributed by atoms with Gasteiger partial charge in [0, 0.05) is 18.7 Å². The van der Waals surface area contributed by atoms with E-state index >= 15 is 4.39 Å². The van der Waals surface area contributed by atoms with Gasteiger partial charge in [0.05, 0.1) is 33.5 Å². The topological polar surface area (TPSA) is 123 Å². The van der Waals surface area contributed by atoms with E-state index in [1.807, 2.05) is 0 Å². The highest BCUT2D eigenvalue weighted by Crippen LogP contribution is 2.47. The summed E-state index contributed by atoms with van der Waals surface area (Å²) in [5.41, 5.74) is 7.45. The molecule has 0 saturated carbocycles. The van der Waals surface area contributed by atoms with Gasteiger partial charge < -0.3 is 15.8 Å². The molecule has 2 aliphatic rings. The molecule has 42 heavy (non-hydrogen) atoms. The fourth-order valence-electron chi connectivity index (χ4n) is 6.84. The number of H-pyrrole nitrogens is 1. The van der Waals surface area contributed by atoms with Gasteiger partial charge in [-0.3, -0.25) is 14.2 Å². The van der Waals surface area contributed by atoms with Crippen LogP contribution in [0, 0.1) is 18.7 Å². The summed E-state index contributed by atoms with van der Waals surface area (Å²) in [5, 5.41) is 10.7. The number of halogens is 2. The summed E-state index contributed by atoms with van der Waals surface area (Å²) in [7, 11) is 1.40. The van der Waals surface area contributed by atoms with Crippen LogP contribution in [0.2, 0.25) is 0 Å². The van der Waals surface area contributed by atoms with Crippen LogP contribution in [0.5, 0.6) is 0 Å². The number of aromatic nitrogens is 3. The van der Waals surface area contributed by atoms with E-state index < -0.39 is 40.7 Å². The Hall–Kier alpha value is -4.31. The van der Waals surface area contributed by atoms with Gasteiger partial charge in [-0.1, -0.05) is 18.2 Å². The second-order valence-corrected chi connectivity index (χ2v) is 11.9. The van der Waals surface area contributed by atoms with Crippen LogP contribution in [0.25, 0.3) is 22.2 Å². The Morgan fingerprint density at radius 1 is 1.17 bits per heavy atom. The molecule has 2 heterocycles. The molecular formula is C32H32F2N4O4. The molecule has 0 fully saturated rings. The molecule has 10 heteroatoms. The van der Waals surface area contributed by atoms with Gasteiger partial charge in [-0.2, -0.15) is 0 Å². The first-order chi connectivity index (χ1) is 19.8. The lowest BCUT2D eigenvalue weighted by atomic mass is 9.73.